The summed E-state index contributed by atoms with van der Waals surface area (Å²) in [6, 6.07) is 19.1. The van der Waals surface area contributed by atoms with Crippen LogP contribution < -0.4 is 0 Å². The summed E-state index contributed by atoms with van der Waals surface area (Å²) in [5.74, 6) is -1.03. The number of nitrogens with zero attached hydrogens (tertiary/aromatic N) is 3. The van der Waals surface area contributed by atoms with Gasteiger partial charge in [0.15, 0.2) is 0 Å². The Morgan fingerprint density at radius 1 is 1.12 bits per heavy atom. The maximum atomic E-state index is 11.0. The predicted octanol–water partition coefficient (Wildman–Crippen LogP) is 3.12. The number of carboxylic acid groups (broad SMARTS) is 1. The lowest BCUT2D eigenvalue weighted by molar-refractivity contribution is -0.143. The van der Waals surface area contributed by atoms with Gasteiger partial charge in [0.05, 0.1) is 5.70 Å². The van der Waals surface area contributed by atoms with Gasteiger partial charge in [0.1, 0.15) is 25.4 Å². The van der Waals surface area contributed by atoms with E-state index in [4.69, 9.17) is 9.84 Å². The van der Waals surface area contributed by atoms with Crippen LogP contribution in [0.2, 0.25) is 0 Å². The van der Waals surface area contributed by atoms with E-state index in [2.05, 4.69) is 10.1 Å². The van der Waals surface area contributed by atoms with Crippen LogP contribution in [0.4, 0.5) is 0 Å². The quantitative estimate of drug-likeness (QED) is 0.718. The molecule has 0 amide bonds. The van der Waals surface area contributed by atoms with E-state index in [0.717, 1.165) is 11.1 Å². The maximum absolute atomic E-state index is 11.0. The van der Waals surface area contributed by atoms with Crippen molar-refractivity contribution >= 4 is 17.7 Å². The lowest BCUT2D eigenvalue weighted by Gasteiger charge is -2.21. The second-order valence-electron chi connectivity index (χ2n) is 5.32. The van der Waals surface area contributed by atoms with Gasteiger partial charge in [-0.1, -0.05) is 60.7 Å². The van der Waals surface area contributed by atoms with Crippen molar-refractivity contribution in [3.8, 4) is 0 Å². The van der Waals surface area contributed by atoms with Crippen molar-refractivity contribution < 1.29 is 14.6 Å². The molecule has 6 nitrogen and oxygen atoms in total. The van der Waals surface area contributed by atoms with Gasteiger partial charge < -0.3 is 9.84 Å². The molecule has 0 aliphatic carbocycles. The number of aromatic nitrogens is 3. The van der Waals surface area contributed by atoms with E-state index in [1.165, 1.54) is 6.33 Å². The van der Waals surface area contributed by atoms with E-state index in [1.54, 1.807) is 11.0 Å². The Morgan fingerprint density at radius 2 is 1.80 bits per heavy atom. The lowest BCUT2D eigenvalue weighted by atomic mass is 10.0. The molecule has 1 aromatic heterocycles. The fourth-order valence-corrected chi connectivity index (χ4v) is 2.46. The smallest absolute Gasteiger partial charge is 0.329 e. The van der Waals surface area contributed by atoms with Crippen molar-refractivity contribution in [3.63, 3.8) is 0 Å². The van der Waals surface area contributed by atoms with E-state index >= 15 is 0 Å². The third kappa shape index (κ3) is 4.39. The van der Waals surface area contributed by atoms with Gasteiger partial charge in [-0.25, -0.2) is 14.5 Å². The molecule has 1 atom stereocenters. The number of carbonyl (C=O) groups is 1. The molecule has 0 radical (unpaired) electrons. The SMILES string of the molecule is O=C(O)COC(C(=Cc1ccccc1)n1cncn1)c1ccccc1. The number of hydrogen-bond donors (Lipinski definition) is 1. The molecule has 0 fully saturated rings. The molecule has 2 aromatic carbocycles. The molecule has 1 heterocycles. The van der Waals surface area contributed by atoms with Gasteiger partial charge in [0, 0.05) is 0 Å². The summed E-state index contributed by atoms with van der Waals surface area (Å²) in [6.45, 7) is -0.416. The monoisotopic (exact) mass is 335 g/mol. The normalized spacial score (nSPS) is 12.7. The number of carboxylic acids is 1. The van der Waals surface area contributed by atoms with Gasteiger partial charge in [-0.05, 0) is 17.2 Å². The Morgan fingerprint density at radius 3 is 2.40 bits per heavy atom. The maximum Gasteiger partial charge on any atom is 0.329 e. The first kappa shape index (κ1) is 16.6. The van der Waals surface area contributed by atoms with E-state index in [-0.39, 0.29) is 0 Å². The van der Waals surface area contributed by atoms with Crippen molar-refractivity contribution in [1.29, 1.82) is 0 Å². The van der Waals surface area contributed by atoms with Crippen LogP contribution in [0.25, 0.3) is 11.8 Å². The second-order valence-corrected chi connectivity index (χ2v) is 5.32. The summed E-state index contributed by atoms with van der Waals surface area (Å²) in [4.78, 5) is 15.0. The van der Waals surface area contributed by atoms with Crippen molar-refractivity contribution in [3.05, 3.63) is 84.4 Å². The molecule has 0 aliphatic heterocycles. The highest BCUT2D eigenvalue weighted by atomic mass is 16.5. The van der Waals surface area contributed by atoms with Crippen LogP contribution in [0.3, 0.4) is 0 Å². The molecule has 0 aliphatic rings. The number of benzene rings is 2. The van der Waals surface area contributed by atoms with Gasteiger partial charge in [-0.2, -0.15) is 5.10 Å². The van der Waals surface area contributed by atoms with Crippen LogP contribution in [0, 0.1) is 0 Å². The average molecular weight is 335 g/mol. The van der Waals surface area contributed by atoms with E-state index in [0.29, 0.717) is 5.70 Å². The minimum atomic E-state index is -1.03. The summed E-state index contributed by atoms with van der Waals surface area (Å²) in [7, 11) is 0. The summed E-state index contributed by atoms with van der Waals surface area (Å²) in [6.07, 6.45) is 4.31. The Balaban J connectivity index is 2.06. The van der Waals surface area contributed by atoms with E-state index < -0.39 is 18.7 Å². The molecule has 0 saturated heterocycles. The minimum Gasteiger partial charge on any atom is -0.480 e. The summed E-state index contributed by atoms with van der Waals surface area (Å²) < 4.78 is 7.28. The average Bonchev–Trinajstić information content (AvgIpc) is 3.17. The van der Waals surface area contributed by atoms with Crippen LogP contribution in [0.1, 0.15) is 17.2 Å². The topological polar surface area (TPSA) is 77.2 Å². The minimum absolute atomic E-state index is 0.416. The Hall–Kier alpha value is -3.25. The number of aliphatic carboxylic acids is 1. The highest BCUT2D eigenvalue weighted by Crippen LogP contribution is 2.30. The number of ether oxygens (including phenoxy) is 1. The molecule has 3 aromatic rings. The van der Waals surface area contributed by atoms with Crippen LogP contribution >= 0.6 is 0 Å². The molecule has 0 bridgehead atoms. The number of rotatable bonds is 7. The van der Waals surface area contributed by atoms with Crippen molar-refractivity contribution in [2.45, 2.75) is 6.10 Å². The van der Waals surface area contributed by atoms with Crippen LogP contribution in [-0.4, -0.2) is 32.4 Å². The molecule has 0 saturated carbocycles. The zero-order valence-electron chi connectivity index (χ0n) is 13.4. The first-order valence-electron chi connectivity index (χ1n) is 7.74. The fraction of sp³-hybridized carbons (Fsp3) is 0.105. The predicted molar refractivity (Wildman–Crippen MR) is 93.4 cm³/mol. The van der Waals surface area contributed by atoms with Crippen LogP contribution in [0.15, 0.2) is 73.3 Å². The number of hydrogen-bond acceptors (Lipinski definition) is 4. The van der Waals surface area contributed by atoms with Gasteiger partial charge in [0.2, 0.25) is 0 Å². The summed E-state index contributed by atoms with van der Waals surface area (Å²) >= 11 is 0. The summed E-state index contributed by atoms with van der Waals surface area (Å²) in [5, 5.41) is 13.2. The zero-order valence-corrected chi connectivity index (χ0v) is 13.4. The molecule has 1 unspecified atom stereocenters. The van der Waals surface area contributed by atoms with Crippen LogP contribution in [-0.2, 0) is 9.53 Å². The van der Waals surface area contributed by atoms with Gasteiger partial charge in [0.25, 0.3) is 0 Å². The summed E-state index contributed by atoms with van der Waals surface area (Å²) in [5.41, 5.74) is 2.46. The Bertz CT molecular complexity index is 831. The van der Waals surface area contributed by atoms with Crippen molar-refractivity contribution in [2.24, 2.45) is 0 Å². The first-order chi connectivity index (χ1) is 12.2. The first-order valence-corrected chi connectivity index (χ1v) is 7.74. The second kappa shape index (κ2) is 8.03. The van der Waals surface area contributed by atoms with Crippen molar-refractivity contribution in [1.82, 2.24) is 14.8 Å². The standard InChI is InChI=1S/C19H17N3O3/c23-18(24)12-25-19(16-9-5-2-6-10-16)17(22-14-20-13-21-22)11-15-7-3-1-4-8-15/h1-11,13-14,19H,12H2,(H,23,24). The molecule has 25 heavy (non-hydrogen) atoms. The van der Waals surface area contributed by atoms with E-state index in [1.807, 2.05) is 66.7 Å². The molecule has 0 spiro atoms. The molecule has 126 valence electrons. The van der Waals surface area contributed by atoms with Crippen LogP contribution in [0.5, 0.6) is 0 Å². The van der Waals surface area contributed by atoms with E-state index in [9.17, 15) is 4.79 Å². The Labute approximate surface area is 145 Å². The zero-order chi connectivity index (χ0) is 17.5. The molecule has 1 N–H and O–H groups in total. The fourth-order valence-electron chi connectivity index (χ4n) is 2.46. The van der Waals surface area contributed by atoms with Gasteiger partial charge in [-0.3, -0.25) is 0 Å². The third-order valence-electron chi connectivity index (χ3n) is 3.54. The highest BCUT2D eigenvalue weighted by Gasteiger charge is 2.21. The van der Waals surface area contributed by atoms with Crippen molar-refractivity contribution in [2.75, 3.05) is 6.61 Å². The largest absolute Gasteiger partial charge is 0.480 e. The lowest BCUT2D eigenvalue weighted by Crippen LogP contribution is -2.16. The van der Waals surface area contributed by atoms with Gasteiger partial charge in [-0.15, -0.1) is 0 Å². The molecule has 3 rings (SSSR count). The highest BCUT2D eigenvalue weighted by molar-refractivity contribution is 5.74. The third-order valence-corrected chi connectivity index (χ3v) is 3.54. The molecule has 6 heteroatoms. The molecular formula is C19H17N3O3. The molecular weight excluding hydrogens is 318 g/mol. The Kier molecular flexibility index (Phi) is 5.33. The van der Waals surface area contributed by atoms with Gasteiger partial charge >= 0.3 is 5.97 Å².